The van der Waals surface area contributed by atoms with E-state index in [4.69, 9.17) is 21.1 Å². The van der Waals surface area contributed by atoms with Gasteiger partial charge in [-0.2, -0.15) is 13.2 Å². The number of alkyl halides is 3. The molecule has 0 spiro atoms. The smallest absolute Gasteiger partial charge is 0.416 e. The minimum atomic E-state index is -4.76. The van der Waals surface area contributed by atoms with Crippen molar-refractivity contribution in [3.63, 3.8) is 0 Å². The van der Waals surface area contributed by atoms with Crippen LogP contribution in [0.4, 0.5) is 23.7 Å². The number of thioether (sulfide) groups is 1. The fraction of sp³-hybridized carbons (Fsp3) is 0.120. The number of hydrogen-bond donors (Lipinski definition) is 0. The summed E-state index contributed by atoms with van der Waals surface area (Å²) in [6.45, 7) is 0.0260. The Morgan fingerprint density at radius 2 is 1.79 bits per heavy atom. The summed E-state index contributed by atoms with van der Waals surface area (Å²) in [6.07, 6.45) is -3.32. The summed E-state index contributed by atoms with van der Waals surface area (Å²) in [5.41, 5.74) is -1.61. The van der Waals surface area contributed by atoms with Crippen LogP contribution >= 0.6 is 23.4 Å². The predicted molar refractivity (Wildman–Crippen MR) is 134 cm³/mol. The Hall–Kier alpha value is -4.03. The second-order valence-electron chi connectivity index (χ2n) is 7.72. The zero-order valence-electron chi connectivity index (χ0n) is 19.1. The Kier molecular flexibility index (Phi) is 7.93. The topological polar surface area (TPSA) is 99.0 Å². The van der Waals surface area contributed by atoms with Gasteiger partial charge in [0.15, 0.2) is 0 Å². The Morgan fingerprint density at radius 3 is 2.50 bits per heavy atom. The molecule has 3 aromatic carbocycles. The van der Waals surface area contributed by atoms with Gasteiger partial charge in [0.1, 0.15) is 18.1 Å². The third kappa shape index (κ3) is 6.26. The molecule has 3 aromatic rings. The average molecular weight is 565 g/mol. The number of amides is 2. The first-order valence-electron chi connectivity index (χ1n) is 10.8. The molecule has 0 unspecified atom stereocenters. The standard InChI is InChI=1S/C25H16ClF3N2O6S/c26-18-6-1-2-7-20(18)36-11-10-30-23(32)22(38-24(30)33)13-15-4-3-5-17(12-15)37-21-9-8-16(25(27,28)29)14-19(21)31(34)35/h1-9,12-14H,10-11H2/b22-13-. The van der Waals surface area contributed by atoms with Gasteiger partial charge in [0.25, 0.3) is 11.1 Å². The van der Waals surface area contributed by atoms with Gasteiger partial charge >= 0.3 is 11.9 Å². The third-order valence-electron chi connectivity index (χ3n) is 5.15. The highest BCUT2D eigenvalue weighted by molar-refractivity contribution is 8.18. The number of carbonyl (C=O) groups excluding carboxylic acids is 2. The Morgan fingerprint density at radius 1 is 1.03 bits per heavy atom. The van der Waals surface area contributed by atoms with Crippen LogP contribution in [0.2, 0.25) is 5.02 Å². The van der Waals surface area contributed by atoms with Crippen molar-refractivity contribution in [2.45, 2.75) is 6.18 Å². The molecule has 1 aliphatic rings. The zero-order chi connectivity index (χ0) is 27.4. The van der Waals surface area contributed by atoms with Crippen LogP contribution in [0.3, 0.4) is 0 Å². The lowest BCUT2D eigenvalue weighted by molar-refractivity contribution is -0.385. The van der Waals surface area contributed by atoms with Crippen molar-refractivity contribution in [1.82, 2.24) is 4.90 Å². The molecule has 0 bridgehead atoms. The highest BCUT2D eigenvalue weighted by Crippen LogP contribution is 2.38. The van der Waals surface area contributed by atoms with Gasteiger partial charge in [-0.25, -0.2) is 0 Å². The summed E-state index contributed by atoms with van der Waals surface area (Å²) in [4.78, 5) is 36.7. The number of hydrogen-bond acceptors (Lipinski definition) is 7. The Bertz CT molecular complexity index is 1450. The summed E-state index contributed by atoms with van der Waals surface area (Å²) in [5.74, 6) is -0.429. The van der Waals surface area contributed by atoms with E-state index in [1.165, 1.54) is 24.3 Å². The molecular weight excluding hydrogens is 549 g/mol. The van der Waals surface area contributed by atoms with Crippen LogP contribution in [0.1, 0.15) is 11.1 Å². The van der Waals surface area contributed by atoms with Crippen LogP contribution in [0, 0.1) is 10.1 Å². The molecule has 0 N–H and O–H groups in total. The van der Waals surface area contributed by atoms with Crippen molar-refractivity contribution < 1.29 is 37.2 Å². The number of carbonyl (C=O) groups is 2. The molecule has 13 heteroatoms. The number of nitro groups is 1. The molecule has 4 rings (SSSR count). The molecule has 38 heavy (non-hydrogen) atoms. The maximum absolute atomic E-state index is 12.9. The van der Waals surface area contributed by atoms with E-state index in [0.717, 1.165) is 22.7 Å². The number of benzene rings is 3. The number of nitrogens with zero attached hydrogens (tertiary/aromatic N) is 2. The van der Waals surface area contributed by atoms with Crippen molar-refractivity contribution in [2.75, 3.05) is 13.2 Å². The lowest BCUT2D eigenvalue weighted by Gasteiger charge is -2.13. The van der Waals surface area contributed by atoms with E-state index in [1.807, 2.05) is 0 Å². The largest absolute Gasteiger partial charge is 0.490 e. The molecule has 2 amide bonds. The highest BCUT2D eigenvalue weighted by atomic mass is 35.5. The van der Waals surface area contributed by atoms with E-state index in [0.29, 0.717) is 28.5 Å². The third-order valence-corrected chi connectivity index (χ3v) is 6.37. The molecule has 1 saturated heterocycles. The molecule has 0 aromatic heterocycles. The number of para-hydroxylation sites is 1. The summed E-state index contributed by atoms with van der Waals surface area (Å²) >= 11 is 6.76. The lowest BCUT2D eigenvalue weighted by Crippen LogP contribution is -2.32. The van der Waals surface area contributed by atoms with Crippen LogP contribution in [-0.4, -0.2) is 34.1 Å². The number of ether oxygens (including phenoxy) is 2. The first kappa shape index (κ1) is 27.0. The van der Waals surface area contributed by atoms with Gasteiger partial charge in [0, 0.05) is 6.07 Å². The van der Waals surface area contributed by atoms with Crippen molar-refractivity contribution in [2.24, 2.45) is 0 Å². The summed E-state index contributed by atoms with van der Waals surface area (Å²) < 4.78 is 49.9. The van der Waals surface area contributed by atoms with Crippen molar-refractivity contribution >= 4 is 46.3 Å². The molecule has 0 aliphatic carbocycles. The van der Waals surface area contributed by atoms with E-state index in [2.05, 4.69) is 0 Å². The first-order valence-corrected chi connectivity index (χ1v) is 12.0. The molecule has 1 fully saturated rings. The van der Waals surface area contributed by atoms with Gasteiger partial charge in [0.2, 0.25) is 5.75 Å². The summed E-state index contributed by atoms with van der Waals surface area (Å²) in [6, 6.07) is 14.7. The van der Waals surface area contributed by atoms with Gasteiger partial charge in [-0.3, -0.25) is 24.6 Å². The normalized spacial score (nSPS) is 14.7. The molecule has 196 valence electrons. The minimum Gasteiger partial charge on any atom is -0.490 e. The average Bonchev–Trinajstić information content (AvgIpc) is 3.12. The fourth-order valence-electron chi connectivity index (χ4n) is 3.37. The quantitative estimate of drug-likeness (QED) is 0.162. The number of rotatable bonds is 8. The van der Waals surface area contributed by atoms with Crippen molar-refractivity contribution in [1.29, 1.82) is 0 Å². The number of nitro benzene ring substituents is 1. The first-order chi connectivity index (χ1) is 18.0. The zero-order valence-corrected chi connectivity index (χ0v) is 20.7. The summed E-state index contributed by atoms with van der Waals surface area (Å²) in [7, 11) is 0. The van der Waals surface area contributed by atoms with E-state index < -0.39 is 33.5 Å². The van der Waals surface area contributed by atoms with Crippen LogP contribution < -0.4 is 9.47 Å². The fourth-order valence-corrected chi connectivity index (χ4v) is 4.43. The lowest BCUT2D eigenvalue weighted by atomic mass is 10.1. The number of halogens is 4. The number of imide groups is 1. The van der Waals surface area contributed by atoms with Crippen LogP contribution in [0.5, 0.6) is 17.2 Å². The maximum Gasteiger partial charge on any atom is 0.416 e. The second kappa shape index (κ2) is 11.2. The Labute approximate surface area is 222 Å². The molecule has 0 atom stereocenters. The van der Waals surface area contributed by atoms with Gasteiger partial charge in [-0.15, -0.1) is 0 Å². The van der Waals surface area contributed by atoms with Crippen molar-refractivity contribution in [3.05, 3.63) is 97.9 Å². The van der Waals surface area contributed by atoms with E-state index in [9.17, 15) is 32.9 Å². The maximum atomic E-state index is 12.9. The van der Waals surface area contributed by atoms with Gasteiger partial charge in [-0.05, 0) is 59.8 Å². The molecule has 8 nitrogen and oxygen atoms in total. The van der Waals surface area contributed by atoms with Gasteiger partial charge in [-0.1, -0.05) is 35.9 Å². The van der Waals surface area contributed by atoms with E-state index in [-0.39, 0.29) is 29.6 Å². The molecule has 1 aliphatic heterocycles. The van der Waals surface area contributed by atoms with Gasteiger partial charge in [0.05, 0.1) is 27.0 Å². The van der Waals surface area contributed by atoms with Crippen LogP contribution in [0.15, 0.2) is 71.6 Å². The SMILES string of the molecule is O=C1S/C(=C\c2cccc(Oc3ccc(C(F)(F)F)cc3[N+](=O)[O-])c2)C(=O)N1CCOc1ccccc1Cl. The molecular formula is C25H16ClF3N2O6S. The Balaban J connectivity index is 1.47. The minimum absolute atomic E-state index is 0.00598. The monoisotopic (exact) mass is 564 g/mol. The highest BCUT2D eigenvalue weighted by Gasteiger charge is 2.35. The van der Waals surface area contributed by atoms with Gasteiger partial charge < -0.3 is 9.47 Å². The van der Waals surface area contributed by atoms with Crippen LogP contribution in [0.25, 0.3) is 6.08 Å². The van der Waals surface area contributed by atoms with Crippen LogP contribution in [-0.2, 0) is 11.0 Å². The van der Waals surface area contributed by atoms with E-state index in [1.54, 1.807) is 30.3 Å². The molecule has 0 saturated carbocycles. The predicted octanol–water partition coefficient (Wildman–Crippen LogP) is 7.17. The molecule has 0 radical (unpaired) electrons. The summed E-state index contributed by atoms with van der Waals surface area (Å²) in [5, 5.41) is 11.2. The van der Waals surface area contributed by atoms with Crippen molar-refractivity contribution in [3.8, 4) is 17.2 Å². The molecule has 1 heterocycles. The second-order valence-corrected chi connectivity index (χ2v) is 9.12. The van der Waals surface area contributed by atoms with E-state index >= 15 is 0 Å².